The first-order valence-electron chi connectivity index (χ1n) is 8.39. The van der Waals surface area contributed by atoms with E-state index in [1.807, 2.05) is 42.5 Å². The van der Waals surface area contributed by atoms with Gasteiger partial charge in [0, 0.05) is 11.3 Å². The van der Waals surface area contributed by atoms with Gasteiger partial charge in [-0.2, -0.15) is 5.10 Å². The van der Waals surface area contributed by atoms with Crippen LogP contribution in [-0.2, 0) is 10.0 Å². The largest absolute Gasteiger partial charge is 0.321 e. The van der Waals surface area contributed by atoms with E-state index in [9.17, 15) is 13.2 Å². The number of carbonyl (C=O) groups excluding carboxylic acids is 1. The summed E-state index contributed by atoms with van der Waals surface area (Å²) in [6, 6.07) is 21.1. The fourth-order valence-corrected chi connectivity index (χ4v) is 3.47. The Morgan fingerprint density at radius 3 is 2.43 bits per heavy atom. The van der Waals surface area contributed by atoms with Gasteiger partial charge in [-0.1, -0.05) is 42.5 Å². The first-order valence-corrected chi connectivity index (χ1v) is 9.94. The van der Waals surface area contributed by atoms with Gasteiger partial charge in [0.15, 0.2) is 0 Å². The highest BCUT2D eigenvalue weighted by Gasteiger charge is 2.14. The van der Waals surface area contributed by atoms with Crippen LogP contribution >= 0.6 is 0 Å². The smallest absolute Gasteiger partial charge is 0.273 e. The van der Waals surface area contributed by atoms with Gasteiger partial charge in [0.2, 0.25) is 10.0 Å². The molecule has 140 valence electrons. The molecule has 0 fully saturated rings. The molecule has 0 saturated heterocycles. The Morgan fingerprint density at radius 1 is 0.964 bits per heavy atom. The third kappa shape index (κ3) is 3.51. The summed E-state index contributed by atoms with van der Waals surface area (Å²) in [6.45, 7) is 0. The van der Waals surface area contributed by atoms with Crippen LogP contribution in [0.5, 0.6) is 0 Å². The normalized spacial score (nSPS) is 11.5. The second kappa shape index (κ2) is 6.91. The molecule has 3 aromatic carbocycles. The minimum absolute atomic E-state index is 0.0229. The molecule has 28 heavy (non-hydrogen) atoms. The monoisotopic (exact) mass is 392 g/mol. The van der Waals surface area contributed by atoms with E-state index in [2.05, 4.69) is 15.5 Å². The van der Waals surface area contributed by atoms with Crippen LogP contribution in [0.3, 0.4) is 0 Å². The third-order valence-electron chi connectivity index (χ3n) is 4.33. The Hall–Kier alpha value is -3.49. The van der Waals surface area contributed by atoms with Crippen LogP contribution in [0.15, 0.2) is 77.7 Å². The summed E-state index contributed by atoms with van der Waals surface area (Å²) in [5.41, 5.74) is 2.31. The molecule has 0 bridgehead atoms. The second-order valence-corrected chi connectivity index (χ2v) is 7.78. The quantitative estimate of drug-likeness (QED) is 0.494. The van der Waals surface area contributed by atoms with E-state index >= 15 is 0 Å². The van der Waals surface area contributed by atoms with Gasteiger partial charge in [0.25, 0.3) is 5.91 Å². The topological polar surface area (TPSA) is 118 Å². The zero-order valence-electron chi connectivity index (χ0n) is 14.6. The van der Waals surface area contributed by atoms with Crippen molar-refractivity contribution in [2.45, 2.75) is 4.90 Å². The van der Waals surface area contributed by atoms with Gasteiger partial charge in [-0.15, -0.1) is 0 Å². The number of nitrogens with zero attached hydrogens (tertiary/aromatic N) is 1. The molecule has 0 unspecified atom stereocenters. The van der Waals surface area contributed by atoms with E-state index < -0.39 is 10.0 Å². The van der Waals surface area contributed by atoms with Gasteiger partial charge >= 0.3 is 0 Å². The number of rotatable bonds is 4. The average molecular weight is 392 g/mol. The number of H-pyrrole nitrogens is 1. The van der Waals surface area contributed by atoms with Crippen molar-refractivity contribution in [2.24, 2.45) is 5.14 Å². The number of nitrogens with two attached hydrogens (primary N) is 1. The summed E-state index contributed by atoms with van der Waals surface area (Å²) >= 11 is 0. The van der Waals surface area contributed by atoms with Crippen LogP contribution in [0.4, 0.5) is 5.69 Å². The predicted octanol–water partition coefficient (Wildman–Crippen LogP) is 3.13. The Labute approximate surface area is 161 Å². The van der Waals surface area contributed by atoms with Crippen molar-refractivity contribution in [1.29, 1.82) is 0 Å². The van der Waals surface area contributed by atoms with Gasteiger partial charge in [0.05, 0.1) is 10.6 Å². The van der Waals surface area contributed by atoms with Gasteiger partial charge < -0.3 is 5.32 Å². The molecule has 0 aliphatic rings. The predicted molar refractivity (Wildman–Crippen MR) is 107 cm³/mol. The molecular formula is C20H16N4O3S. The summed E-state index contributed by atoms with van der Waals surface area (Å²) in [5, 5.41) is 16.9. The molecule has 0 spiro atoms. The summed E-state index contributed by atoms with van der Waals surface area (Å²) in [7, 11) is -3.77. The van der Waals surface area contributed by atoms with Crippen molar-refractivity contribution in [2.75, 3.05) is 5.32 Å². The molecule has 4 aromatic rings. The third-order valence-corrected chi connectivity index (χ3v) is 5.26. The molecule has 1 heterocycles. The number of primary sulfonamides is 1. The molecule has 0 aliphatic carbocycles. The fraction of sp³-hybridized carbons (Fsp3) is 0. The van der Waals surface area contributed by atoms with Crippen molar-refractivity contribution >= 4 is 32.4 Å². The fourth-order valence-electron chi connectivity index (χ4n) is 2.95. The summed E-state index contributed by atoms with van der Waals surface area (Å²) in [4.78, 5) is 12.5. The minimum atomic E-state index is -3.77. The van der Waals surface area contributed by atoms with E-state index in [1.165, 1.54) is 24.3 Å². The lowest BCUT2D eigenvalue weighted by Crippen LogP contribution is -2.14. The number of benzene rings is 3. The van der Waals surface area contributed by atoms with Crippen LogP contribution in [0.2, 0.25) is 0 Å². The first kappa shape index (κ1) is 17.9. The van der Waals surface area contributed by atoms with E-state index in [-0.39, 0.29) is 10.8 Å². The molecule has 0 radical (unpaired) electrons. The summed E-state index contributed by atoms with van der Waals surface area (Å²) in [5.74, 6) is -0.387. The van der Waals surface area contributed by atoms with Gasteiger partial charge in [-0.25, -0.2) is 13.6 Å². The molecule has 1 amide bonds. The zero-order valence-corrected chi connectivity index (χ0v) is 15.4. The number of nitrogens with one attached hydrogen (secondary N) is 2. The highest BCUT2D eigenvalue weighted by atomic mass is 32.2. The second-order valence-electron chi connectivity index (χ2n) is 6.22. The highest BCUT2D eigenvalue weighted by Crippen LogP contribution is 2.27. The Morgan fingerprint density at radius 2 is 1.68 bits per heavy atom. The Bertz CT molecular complexity index is 1270. The van der Waals surface area contributed by atoms with Crippen LogP contribution in [0.1, 0.15) is 10.5 Å². The SMILES string of the molecule is NS(=O)(=O)c1ccc(NC(=O)c2cc(-c3cccc4ccccc34)n[nH]2)cc1. The molecule has 0 aliphatic heterocycles. The Kier molecular flexibility index (Phi) is 4.42. The lowest BCUT2D eigenvalue weighted by molar-refractivity contribution is 0.102. The summed E-state index contributed by atoms with van der Waals surface area (Å²) in [6.07, 6.45) is 0. The molecule has 0 atom stereocenters. The maximum absolute atomic E-state index is 12.5. The van der Waals surface area contributed by atoms with E-state index in [0.29, 0.717) is 17.1 Å². The highest BCUT2D eigenvalue weighted by molar-refractivity contribution is 7.89. The van der Waals surface area contributed by atoms with E-state index in [1.54, 1.807) is 6.07 Å². The van der Waals surface area contributed by atoms with E-state index in [4.69, 9.17) is 5.14 Å². The molecule has 8 heteroatoms. The number of fused-ring (bicyclic) bond motifs is 1. The van der Waals surface area contributed by atoms with Crippen LogP contribution in [0.25, 0.3) is 22.0 Å². The lowest BCUT2D eigenvalue weighted by atomic mass is 10.0. The molecule has 1 aromatic heterocycles. The standard InChI is InChI=1S/C20H16N4O3S/c21-28(26,27)15-10-8-14(9-11-15)22-20(25)19-12-18(23-24-19)17-7-3-5-13-4-1-2-6-16(13)17/h1-12H,(H,22,25)(H,23,24)(H2,21,26,27). The number of aromatic nitrogens is 2. The number of aromatic amines is 1. The molecular weight excluding hydrogens is 376 g/mol. The Balaban J connectivity index is 1.58. The number of hydrogen-bond acceptors (Lipinski definition) is 4. The number of amides is 1. The number of carbonyl (C=O) groups is 1. The summed E-state index contributed by atoms with van der Waals surface area (Å²) < 4.78 is 22.6. The van der Waals surface area contributed by atoms with Crippen molar-refractivity contribution in [3.63, 3.8) is 0 Å². The van der Waals surface area contributed by atoms with Crippen molar-refractivity contribution < 1.29 is 13.2 Å². The van der Waals surface area contributed by atoms with Crippen LogP contribution in [0, 0.1) is 0 Å². The maximum atomic E-state index is 12.5. The molecule has 0 saturated carbocycles. The minimum Gasteiger partial charge on any atom is -0.321 e. The van der Waals surface area contributed by atoms with Gasteiger partial charge in [0.1, 0.15) is 5.69 Å². The van der Waals surface area contributed by atoms with Gasteiger partial charge in [-0.05, 0) is 41.1 Å². The van der Waals surface area contributed by atoms with E-state index in [0.717, 1.165) is 16.3 Å². The molecule has 4 N–H and O–H groups in total. The lowest BCUT2D eigenvalue weighted by Gasteiger charge is -2.04. The average Bonchev–Trinajstić information content (AvgIpc) is 3.17. The number of hydrogen-bond donors (Lipinski definition) is 3. The van der Waals surface area contributed by atoms with Crippen molar-refractivity contribution in [1.82, 2.24) is 10.2 Å². The van der Waals surface area contributed by atoms with Crippen molar-refractivity contribution in [3.8, 4) is 11.3 Å². The molecule has 7 nitrogen and oxygen atoms in total. The first-order chi connectivity index (χ1) is 13.4. The number of sulfonamides is 1. The van der Waals surface area contributed by atoms with Crippen LogP contribution < -0.4 is 10.5 Å². The zero-order chi connectivity index (χ0) is 19.7. The van der Waals surface area contributed by atoms with Gasteiger partial charge in [-0.3, -0.25) is 9.89 Å². The maximum Gasteiger partial charge on any atom is 0.273 e. The van der Waals surface area contributed by atoms with Crippen LogP contribution in [-0.4, -0.2) is 24.5 Å². The number of anilines is 1. The van der Waals surface area contributed by atoms with Crippen molar-refractivity contribution in [3.05, 3.63) is 78.5 Å². The molecule has 4 rings (SSSR count).